The van der Waals surface area contributed by atoms with Gasteiger partial charge in [0, 0.05) is 0 Å². The molecule has 1 aliphatic rings. The monoisotopic (exact) mass is 265 g/mol. The lowest BCUT2D eigenvalue weighted by Crippen LogP contribution is -2.37. The first-order valence-corrected chi connectivity index (χ1v) is 6.42. The molecular weight excluding hydrogens is 246 g/mol. The van der Waals surface area contributed by atoms with Crippen LogP contribution in [-0.2, 0) is 20.8 Å². The van der Waals surface area contributed by atoms with Crippen molar-refractivity contribution < 1.29 is 19.0 Å². The Balaban J connectivity index is 1.50. The Hall–Kier alpha value is -1.59. The van der Waals surface area contributed by atoms with Crippen molar-refractivity contribution in [2.24, 2.45) is 0 Å². The summed E-state index contributed by atoms with van der Waals surface area (Å²) in [5.41, 5.74) is 1.10. The van der Waals surface area contributed by atoms with Crippen molar-refractivity contribution in [1.29, 1.82) is 0 Å². The van der Waals surface area contributed by atoms with E-state index in [1.54, 1.807) is 0 Å². The van der Waals surface area contributed by atoms with E-state index in [1.807, 2.05) is 37.3 Å². The molecule has 5 nitrogen and oxygen atoms in total. The number of hydrogen-bond acceptors (Lipinski definition) is 4. The molecule has 1 fully saturated rings. The second-order valence-electron chi connectivity index (χ2n) is 4.48. The van der Waals surface area contributed by atoms with Gasteiger partial charge in [-0.05, 0) is 12.5 Å². The van der Waals surface area contributed by atoms with Gasteiger partial charge in [-0.15, -0.1) is 0 Å². The van der Waals surface area contributed by atoms with Gasteiger partial charge in [0.2, 0.25) is 0 Å². The topological polar surface area (TPSA) is 60.1 Å². The van der Waals surface area contributed by atoms with Crippen LogP contribution in [-0.4, -0.2) is 38.1 Å². The average molecular weight is 265 g/mol. The highest BCUT2D eigenvalue weighted by Gasteiger charge is 2.30. The average Bonchev–Trinajstić information content (AvgIpc) is 3.24. The van der Waals surface area contributed by atoms with Gasteiger partial charge < -0.3 is 19.5 Å². The predicted octanol–water partition coefficient (Wildman–Crippen LogP) is 1.72. The highest BCUT2D eigenvalue weighted by Crippen LogP contribution is 2.13. The lowest BCUT2D eigenvalue weighted by atomic mass is 10.2. The van der Waals surface area contributed by atoms with E-state index in [2.05, 4.69) is 5.32 Å². The van der Waals surface area contributed by atoms with Crippen LogP contribution in [0.15, 0.2) is 30.3 Å². The summed E-state index contributed by atoms with van der Waals surface area (Å²) < 4.78 is 15.5. The van der Waals surface area contributed by atoms with Gasteiger partial charge in [-0.25, -0.2) is 4.79 Å². The molecule has 19 heavy (non-hydrogen) atoms. The molecule has 0 saturated carbocycles. The van der Waals surface area contributed by atoms with E-state index in [-0.39, 0.29) is 18.8 Å². The maximum atomic E-state index is 11.4. The standard InChI is InChI=1S/C14H19NO4/c1-11(13-10-19-13)15-14(16)18-8-7-17-9-12-5-3-2-4-6-12/h2-6,11,13H,7-10H2,1H3,(H,15,16). The molecular formula is C14H19NO4. The molecule has 1 aromatic rings. The molecule has 0 aliphatic carbocycles. The van der Waals surface area contributed by atoms with Crippen molar-refractivity contribution in [3.63, 3.8) is 0 Å². The molecule has 1 heterocycles. The predicted molar refractivity (Wildman–Crippen MR) is 69.8 cm³/mol. The van der Waals surface area contributed by atoms with E-state index in [4.69, 9.17) is 14.2 Å². The van der Waals surface area contributed by atoms with Crippen LogP contribution in [0.25, 0.3) is 0 Å². The smallest absolute Gasteiger partial charge is 0.407 e. The minimum absolute atomic E-state index is 0.00210. The molecule has 0 radical (unpaired) electrons. The van der Waals surface area contributed by atoms with Crippen LogP contribution in [0.5, 0.6) is 0 Å². The highest BCUT2D eigenvalue weighted by molar-refractivity contribution is 5.67. The molecule has 2 rings (SSSR count). The van der Waals surface area contributed by atoms with E-state index in [1.165, 1.54) is 0 Å². The molecule has 5 heteroatoms. The second-order valence-corrected chi connectivity index (χ2v) is 4.48. The maximum absolute atomic E-state index is 11.4. The van der Waals surface area contributed by atoms with Crippen molar-refractivity contribution in [3.05, 3.63) is 35.9 Å². The lowest BCUT2D eigenvalue weighted by molar-refractivity contribution is 0.0635. The van der Waals surface area contributed by atoms with Crippen LogP contribution in [0.2, 0.25) is 0 Å². The molecule has 1 saturated heterocycles. The van der Waals surface area contributed by atoms with Crippen LogP contribution < -0.4 is 5.32 Å². The van der Waals surface area contributed by atoms with Crippen molar-refractivity contribution in [3.8, 4) is 0 Å². The third-order valence-electron chi connectivity index (χ3n) is 2.83. The molecule has 104 valence electrons. The zero-order chi connectivity index (χ0) is 13.5. The molecule has 1 aliphatic heterocycles. The van der Waals surface area contributed by atoms with E-state index < -0.39 is 6.09 Å². The third kappa shape index (κ3) is 5.28. The molecule has 0 spiro atoms. The number of amides is 1. The number of carbonyl (C=O) groups is 1. The number of hydrogen-bond donors (Lipinski definition) is 1. The molecule has 2 atom stereocenters. The van der Waals surface area contributed by atoms with Crippen molar-refractivity contribution >= 4 is 6.09 Å². The first kappa shape index (κ1) is 13.8. The number of benzene rings is 1. The van der Waals surface area contributed by atoms with Gasteiger partial charge in [-0.2, -0.15) is 0 Å². The Morgan fingerprint density at radius 2 is 2.16 bits per heavy atom. The Morgan fingerprint density at radius 1 is 1.42 bits per heavy atom. The van der Waals surface area contributed by atoms with Crippen LogP contribution >= 0.6 is 0 Å². The number of alkyl carbamates (subject to hydrolysis) is 1. The zero-order valence-corrected chi connectivity index (χ0v) is 11.0. The van der Waals surface area contributed by atoms with Gasteiger partial charge >= 0.3 is 6.09 Å². The number of carbonyl (C=O) groups excluding carboxylic acids is 1. The summed E-state index contributed by atoms with van der Waals surface area (Å²) in [5.74, 6) is 0. The Kier molecular flexibility index (Phi) is 5.18. The summed E-state index contributed by atoms with van der Waals surface area (Å²) in [6.07, 6.45) is -0.284. The summed E-state index contributed by atoms with van der Waals surface area (Å²) in [5, 5.41) is 2.71. The van der Waals surface area contributed by atoms with E-state index >= 15 is 0 Å². The second kappa shape index (κ2) is 7.11. The van der Waals surface area contributed by atoms with Gasteiger partial charge in [-0.3, -0.25) is 0 Å². The largest absolute Gasteiger partial charge is 0.447 e. The summed E-state index contributed by atoms with van der Waals surface area (Å²) in [6.45, 7) is 3.76. The Morgan fingerprint density at radius 3 is 2.84 bits per heavy atom. The first-order valence-electron chi connectivity index (χ1n) is 6.42. The normalized spacial score (nSPS) is 18.7. The minimum atomic E-state index is -0.425. The fourth-order valence-corrected chi connectivity index (χ4v) is 1.62. The van der Waals surface area contributed by atoms with Gasteiger partial charge in [0.15, 0.2) is 0 Å². The molecule has 0 bridgehead atoms. The van der Waals surface area contributed by atoms with Gasteiger partial charge in [0.25, 0.3) is 0 Å². The summed E-state index contributed by atoms with van der Waals surface area (Å²) in [4.78, 5) is 11.4. The summed E-state index contributed by atoms with van der Waals surface area (Å²) in [7, 11) is 0. The lowest BCUT2D eigenvalue weighted by Gasteiger charge is -2.11. The molecule has 1 aromatic carbocycles. The van der Waals surface area contributed by atoms with Crippen molar-refractivity contribution in [2.45, 2.75) is 25.7 Å². The first-order chi connectivity index (χ1) is 9.25. The maximum Gasteiger partial charge on any atom is 0.407 e. The van der Waals surface area contributed by atoms with Crippen LogP contribution in [0.4, 0.5) is 4.79 Å². The van der Waals surface area contributed by atoms with Gasteiger partial charge in [0.1, 0.15) is 12.7 Å². The minimum Gasteiger partial charge on any atom is -0.447 e. The number of ether oxygens (including phenoxy) is 3. The molecule has 0 aromatic heterocycles. The van der Waals surface area contributed by atoms with E-state index in [9.17, 15) is 4.79 Å². The highest BCUT2D eigenvalue weighted by atomic mass is 16.6. The summed E-state index contributed by atoms with van der Waals surface area (Å²) >= 11 is 0. The zero-order valence-electron chi connectivity index (χ0n) is 11.0. The van der Waals surface area contributed by atoms with Crippen molar-refractivity contribution in [2.75, 3.05) is 19.8 Å². The number of rotatable bonds is 7. The van der Waals surface area contributed by atoms with Gasteiger partial charge in [0.05, 0.1) is 25.9 Å². The van der Waals surface area contributed by atoms with Crippen LogP contribution in [0.1, 0.15) is 12.5 Å². The van der Waals surface area contributed by atoms with Crippen LogP contribution in [0, 0.1) is 0 Å². The molecule has 1 amide bonds. The van der Waals surface area contributed by atoms with Crippen LogP contribution in [0.3, 0.4) is 0 Å². The molecule has 2 unspecified atom stereocenters. The fraction of sp³-hybridized carbons (Fsp3) is 0.500. The third-order valence-corrected chi connectivity index (χ3v) is 2.83. The van der Waals surface area contributed by atoms with E-state index in [0.29, 0.717) is 19.8 Å². The molecule has 1 N–H and O–H groups in total. The summed E-state index contributed by atoms with van der Waals surface area (Å²) in [6, 6.07) is 9.86. The number of nitrogens with one attached hydrogen (secondary N) is 1. The number of epoxide rings is 1. The Labute approximate surface area is 112 Å². The fourth-order valence-electron chi connectivity index (χ4n) is 1.62. The SMILES string of the molecule is CC(NC(=O)OCCOCc1ccccc1)C1CO1. The van der Waals surface area contributed by atoms with Gasteiger partial charge in [-0.1, -0.05) is 30.3 Å². The quantitative estimate of drug-likeness (QED) is 0.602. The van der Waals surface area contributed by atoms with Crippen molar-refractivity contribution in [1.82, 2.24) is 5.32 Å². The Bertz CT molecular complexity index is 392. The van der Waals surface area contributed by atoms with E-state index in [0.717, 1.165) is 5.56 Å².